The molecule has 20 heavy (non-hydrogen) atoms. The number of nitrogens with one attached hydrogen (secondary N) is 1. The first kappa shape index (κ1) is 13.4. The number of para-hydroxylation sites is 2. The second-order valence-electron chi connectivity index (χ2n) is 5.83. The topological polar surface area (TPSA) is 33.1 Å². The van der Waals surface area contributed by atoms with Gasteiger partial charge in [0.05, 0.1) is 11.0 Å². The normalized spacial score (nSPS) is 16.4. The molecule has 1 aliphatic rings. The van der Waals surface area contributed by atoms with Crippen LogP contribution < -0.4 is 5.32 Å². The second-order valence-corrected chi connectivity index (χ2v) is 5.83. The van der Waals surface area contributed by atoms with Gasteiger partial charge in [-0.2, -0.15) is 0 Å². The van der Waals surface area contributed by atoms with Crippen molar-refractivity contribution in [2.75, 3.05) is 25.5 Å². The van der Waals surface area contributed by atoms with E-state index in [1.165, 1.54) is 31.2 Å². The predicted octanol–water partition coefficient (Wildman–Crippen LogP) is 2.86. The van der Waals surface area contributed by atoms with Gasteiger partial charge in [-0.25, -0.2) is 4.98 Å². The number of rotatable bonds is 5. The van der Waals surface area contributed by atoms with Crippen molar-refractivity contribution >= 4 is 17.0 Å². The van der Waals surface area contributed by atoms with E-state index in [0.29, 0.717) is 0 Å². The van der Waals surface area contributed by atoms with E-state index in [9.17, 15) is 0 Å². The Kier molecular flexibility index (Phi) is 3.92. The Balaban J connectivity index is 1.58. The van der Waals surface area contributed by atoms with E-state index in [2.05, 4.69) is 52.1 Å². The van der Waals surface area contributed by atoms with Crippen molar-refractivity contribution in [2.45, 2.75) is 31.7 Å². The third-order valence-electron chi connectivity index (χ3n) is 4.48. The summed E-state index contributed by atoms with van der Waals surface area (Å²) in [6.07, 6.45) is 5.52. The summed E-state index contributed by atoms with van der Waals surface area (Å²) in [5.41, 5.74) is 2.24. The molecule has 0 spiro atoms. The van der Waals surface area contributed by atoms with E-state index in [4.69, 9.17) is 0 Å². The summed E-state index contributed by atoms with van der Waals surface area (Å²) >= 11 is 0. The van der Waals surface area contributed by atoms with Gasteiger partial charge in [0, 0.05) is 26.2 Å². The first-order valence-corrected chi connectivity index (χ1v) is 7.61. The molecule has 4 nitrogen and oxygen atoms in total. The summed E-state index contributed by atoms with van der Waals surface area (Å²) in [7, 11) is 4.31. The van der Waals surface area contributed by atoms with E-state index < -0.39 is 0 Å². The molecule has 1 aliphatic carbocycles. The first-order valence-electron chi connectivity index (χ1n) is 7.61. The summed E-state index contributed by atoms with van der Waals surface area (Å²) in [6, 6.07) is 9.05. The minimum atomic E-state index is 0.789. The lowest BCUT2D eigenvalue weighted by Crippen LogP contribution is -2.33. The van der Waals surface area contributed by atoms with E-state index in [-0.39, 0.29) is 0 Å². The van der Waals surface area contributed by atoms with Gasteiger partial charge in [-0.1, -0.05) is 25.0 Å². The van der Waals surface area contributed by atoms with Gasteiger partial charge in [-0.15, -0.1) is 0 Å². The molecule has 1 N–H and O–H groups in total. The SMILES string of the molecule is CN(CCNc1nc2ccccc2n1C)C1CCCC1. The van der Waals surface area contributed by atoms with Crippen LogP contribution in [0.5, 0.6) is 0 Å². The highest BCUT2D eigenvalue weighted by Gasteiger charge is 2.18. The zero-order valence-electron chi connectivity index (χ0n) is 12.5. The van der Waals surface area contributed by atoms with Crippen molar-refractivity contribution in [1.29, 1.82) is 0 Å². The fraction of sp³-hybridized carbons (Fsp3) is 0.562. The van der Waals surface area contributed by atoms with Crippen LogP contribution in [0.25, 0.3) is 11.0 Å². The van der Waals surface area contributed by atoms with Crippen LogP contribution in [-0.4, -0.2) is 40.6 Å². The Hall–Kier alpha value is -1.55. The number of fused-ring (bicyclic) bond motifs is 1. The highest BCUT2D eigenvalue weighted by Crippen LogP contribution is 2.22. The zero-order chi connectivity index (χ0) is 13.9. The Morgan fingerprint density at radius 2 is 2.05 bits per heavy atom. The van der Waals surface area contributed by atoms with Crippen LogP contribution in [0, 0.1) is 0 Å². The number of benzene rings is 1. The Morgan fingerprint density at radius 3 is 2.80 bits per heavy atom. The minimum Gasteiger partial charge on any atom is -0.354 e. The standard InChI is InChI=1S/C16H24N4/c1-19(13-7-3-4-8-13)12-11-17-16-18-14-9-5-6-10-15(14)20(16)2/h5-6,9-10,13H,3-4,7-8,11-12H2,1-2H3,(H,17,18). The summed E-state index contributed by atoms with van der Waals surface area (Å²) in [5, 5.41) is 3.47. The molecule has 0 unspecified atom stereocenters. The fourth-order valence-electron chi connectivity index (χ4n) is 3.18. The summed E-state index contributed by atoms with van der Waals surface area (Å²) in [6.45, 7) is 2.03. The number of aryl methyl sites for hydroxylation is 1. The predicted molar refractivity (Wildman–Crippen MR) is 84.1 cm³/mol. The van der Waals surface area contributed by atoms with Crippen molar-refractivity contribution in [2.24, 2.45) is 7.05 Å². The van der Waals surface area contributed by atoms with Gasteiger partial charge < -0.3 is 14.8 Å². The van der Waals surface area contributed by atoms with E-state index in [0.717, 1.165) is 30.6 Å². The average molecular weight is 272 g/mol. The molecule has 2 aromatic rings. The highest BCUT2D eigenvalue weighted by molar-refractivity contribution is 5.78. The molecule has 0 saturated heterocycles. The number of likely N-dealkylation sites (N-methyl/N-ethyl adjacent to an activating group) is 1. The number of nitrogens with zero attached hydrogens (tertiary/aromatic N) is 3. The first-order chi connectivity index (χ1) is 9.75. The van der Waals surface area contributed by atoms with Gasteiger partial charge in [0.25, 0.3) is 0 Å². The summed E-state index contributed by atoms with van der Waals surface area (Å²) in [4.78, 5) is 7.13. The molecule has 108 valence electrons. The number of anilines is 1. The van der Waals surface area contributed by atoms with Crippen LogP contribution in [0.15, 0.2) is 24.3 Å². The maximum absolute atomic E-state index is 4.64. The van der Waals surface area contributed by atoms with Crippen molar-refractivity contribution < 1.29 is 0 Å². The van der Waals surface area contributed by atoms with E-state index in [1.807, 2.05) is 6.07 Å². The van der Waals surface area contributed by atoms with Crippen LogP contribution in [-0.2, 0) is 7.05 Å². The molecule has 1 saturated carbocycles. The lowest BCUT2D eigenvalue weighted by molar-refractivity contribution is 0.254. The molecular weight excluding hydrogens is 248 g/mol. The highest BCUT2D eigenvalue weighted by atomic mass is 15.2. The Morgan fingerprint density at radius 1 is 1.30 bits per heavy atom. The molecule has 0 bridgehead atoms. The average Bonchev–Trinajstić information content (AvgIpc) is 3.09. The van der Waals surface area contributed by atoms with Crippen LogP contribution in [0.4, 0.5) is 5.95 Å². The lowest BCUT2D eigenvalue weighted by Gasteiger charge is -2.24. The number of imidazole rings is 1. The number of hydrogen-bond donors (Lipinski definition) is 1. The molecule has 0 radical (unpaired) electrons. The van der Waals surface area contributed by atoms with Crippen LogP contribution in [0.3, 0.4) is 0 Å². The van der Waals surface area contributed by atoms with Gasteiger partial charge >= 0.3 is 0 Å². The molecule has 0 aliphatic heterocycles. The second kappa shape index (κ2) is 5.83. The quantitative estimate of drug-likeness (QED) is 0.908. The fourth-order valence-corrected chi connectivity index (χ4v) is 3.18. The van der Waals surface area contributed by atoms with Crippen LogP contribution in [0.1, 0.15) is 25.7 Å². The van der Waals surface area contributed by atoms with Crippen molar-refractivity contribution in [3.63, 3.8) is 0 Å². The van der Waals surface area contributed by atoms with Crippen molar-refractivity contribution in [3.8, 4) is 0 Å². The lowest BCUT2D eigenvalue weighted by atomic mass is 10.2. The largest absolute Gasteiger partial charge is 0.354 e. The van der Waals surface area contributed by atoms with Gasteiger partial charge in [0.15, 0.2) is 0 Å². The Bertz CT molecular complexity index is 569. The maximum atomic E-state index is 4.64. The molecule has 4 heteroatoms. The molecule has 1 aromatic carbocycles. The van der Waals surface area contributed by atoms with Crippen LogP contribution in [0.2, 0.25) is 0 Å². The molecule has 1 aromatic heterocycles. The molecule has 3 rings (SSSR count). The zero-order valence-corrected chi connectivity index (χ0v) is 12.5. The van der Waals surface area contributed by atoms with Crippen molar-refractivity contribution in [3.05, 3.63) is 24.3 Å². The molecule has 0 amide bonds. The van der Waals surface area contributed by atoms with Gasteiger partial charge in [0.2, 0.25) is 5.95 Å². The van der Waals surface area contributed by atoms with Gasteiger partial charge in [0.1, 0.15) is 0 Å². The van der Waals surface area contributed by atoms with E-state index >= 15 is 0 Å². The van der Waals surface area contributed by atoms with Gasteiger partial charge in [-0.3, -0.25) is 0 Å². The summed E-state index contributed by atoms with van der Waals surface area (Å²) in [5.74, 6) is 0.964. The summed E-state index contributed by atoms with van der Waals surface area (Å²) < 4.78 is 2.13. The molecular formula is C16H24N4. The Labute approximate surface area is 120 Å². The molecule has 1 heterocycles. The minimum absolute atomic E-state index is 0.789. The third kappa shape index (κ3) is 2.66. The number of aromatic nitrogens is 2. The maximum Gasteiger partial charge on any atom is 0.203 e. The smallest absolute Gasteiger partial charge is 0.203 e. The monoisotopic (exact) mass is 272 g/mol. The van der Waals surface area contributed by atoms with Gasteiger partial charge in [-0.05, 0) is 32.0 Å². The number of hydrogen-bond acceptors (Lipinski definition) is 3. The van der Waals surface area contributed by atoms with Crippen LogP contribution >= 0.6 is 0 Å². The molecule has 1 fully saturated rings. The third-order valence-corrected chi connectivity index (χ3v) is 4.48. The molecule has 0 atom stereocenters. The van der Waals surface area contributed by atoms with E-state index in [1.54, 1.807) is 0 Å². The van der Waals surface area contributed by atoms with Crippen molar-refractivity contribution in [1.82, 2.24) is 14.5 Å².